The smallest absolute Gasteiger partial charge is 0.168 e. The highest BCUT2D eigenvalue weighted by Gasteiger charge is 2.39. The van der Waals surface area contributed by atoms with E-state index in [0.29, 0.717) is 24.3 Å². The first-order valence-corrected chi connectivity index (χ1v) is 7.05. The van der Waals surface area contributed by atoms with Crippen molar-refractivity contribution in [2.45, 2.75) is 38.6 Å². The molecular weight excluding hydrogens is 248 g/mol. The van der Waals surface area contributed by atoms with E-state index < -0.39 is 11.6 Å². The quantitative estimate of drug-likeness (QED) is 0.908. The normalized spacial score (nSPS) is 25.1. The number of hydrogen-bond donors (Lipinski definition) is 1. The lowest BCUT2D eigenvalue weighted by Crippen LogP contribution is -2.33. The molecule has 1 saturated carbocycles. The summed E-state index contributed by atoms with van der Waals surface area (Å²) in [5.74, 6) is -0.0253. The standard InChI is InChI=1S/C14H19F2N3/c1-2-5-17-13-11(15)7-12(16)14(18-13)19-8-9-3-4-10(19)6-9/h7,9-10H,2-6,8H2,1H3,(H,17,18). The van der Waals surface area contributed by atoms with Gasteiger partial charge in [-0.3, -0.25) is 0 Å². The Morgan fingerprint density at radius 2 is 2.21 bits per heavy atom. The van der Waals surface area contributed by atoms with Crippen molar-refractivity contribution in [2.75, 3.05) is 23.3 Å². The predicted octanol–water partition coefficient (Wildman–Crippen LogP) is 3.17. The van der Waals surface area contributed by atoms with Crippen LogP contribution in [0.5, 0.6) is 0 Å². The molecule has 1 saturated heterocycles. The van der Waals surface area contributed by atoms with E-state index in [4.69, 9.17) is 0 Å². The van der Waals surface area contributed by atoms with Gasteiger partial charge >= 0.3 is 0 Å². The Morgan fingerprint density at radius 1 is 1.37 bits per heavy atom. The number of nitrogens with one attached hydrogen (secondary N) is 1. The van der Waals surface area contributed by atoms with Crippen molar-refractivity contribution < 1.29 is 8.78 Å². The molecule has 2 bridgehead atoms. The summed E-state index contributed by atoms with van der Waals surface area (Å²) in [4.78, 5) is 6.19. The van der Waals surface area contributed by atoms with E-state index in [9.17, 15) is 8.78 Å². The summed E-state index contributed by atoms with van der Waals surface area (Å²) in [5, 5.41) is 2.92. The van der Waals surface area contributed by atoms with Crippen LogP contribution < -0.4 is 10.2 Å². The molecule has 0 amide bonds. The molecule has 2 aliphatic rings. The molecule has 0 radical (unpaired) electrons. The molecule has 19 heavy (non-hydrogen) atoms. The second-order valence-electron chi connectivity index (χ2n) is 5.54. The third kappa shape index (κ3) is 2.26. The van der Waals surface area contributed by atoms with Crippen molar-refractivity contribution in [1.29, 1.82) is 0 Å². The van der Waals surface area contributed by atoms with Crippen LogP contribution in [0.2, 0.25) is 0 Å². The van der Waals surface area contributed by atoms with Crippen molar-refractivity contribution in [3.05, 3.63) is 17.7 Å². The number of halogens is 2. The molecule has 3 rings (SSSR count). The SMILES string of the molecule is CCCNc1nc(N2CC3CCC2C3)c(F)cc1F. The van der Waals surface area contributed by atoms with Crippen LogP contribution in [0.15, 0.2) is 6.07 Å². The minimum atomic E-state index is -0.612. The first-order chi connectivity index (χ1) is 9.19. The Hall–Kier alpha value is -1.39. The number of piperidine rings is 1. The summed E-state index contributed by atoms with van der Waals surface area (Å²) in [7, 11) is 0. The zero-order chi connectivity index (χ0) is 13.4. The van der Waals surface area contributed by atoms with E-state index in [2.05, 4.69) is 10.3 Å². The van der Waals surface area contributed by atoms with Gasteiger partial charge < -0.3 is 10.2 Å². The van der Waals surface area contributed by atoms with Crippen molar-refractivity contribution in [3.8, 4) is 0 Å². The minimum absolute atomic E-state index is 0.168. The summed E-state index contributed by atoms with van der Waals surface area (Å²) in [6.45, 7) is 3.49. The van der Waals surface area contributed by atoms with E-state index in [-0.39, 0.29) is 5.82 Å². The number of hydrogen-bond acceptors (Lipinski definition) is 3. The molecule has 2 unspecified atom stereocenters. The highest BCUT2D eigenvalue weighted by molar-refractivity contribution is 5.51. The molecule has 1 aromatic heterocycles. The molecule has 104 valence electrons. The van der Waals surface area contributed by atoms with Crippen molar-refractivity contribution in [3.63, 3.8) is 0 Å². The van der Waals surface area contributed by atoms with Gasteiger partial charge in [-0.2, -0.15) is 0 Å². The molecule has 3 nitrogen and oxygen atoms in total. The molecule has 1 aromatic rings. The lowest BCUT2D eigenvalue weighted by Gasteiger charge is -2.28. The highest BCUT2D eigenvalue weighted by atomic mass is 19.1. The fraction of sp³-hybridized carbons (Fsp3) is 0.643. The third-order valence-corrected chi connectivity index (χ3v) is 4.13. The van der Waals surface area contributed by atoms with Gasteiger partial charge in [0.15, 0.2) is 23.3 Å². The van der Waals surface area contributed by atoms with E-state index in [0.717, 1.165) is 31.9 Å². The predicted molar refractivity (Wildman–Crippen MR) is 71.4 cm³/mol. The van der Waals surface area contributed by atoms with Crippen molar-refractivity contribution in [2.24, 2.45) is 5.92 Å². The number of fused-ring (bicyclic) bond motifs is 2. The Morgan fingerprint density at radius 3 is 2.84 bits per heavy atom. The zero-order valence-corrected chi connectivity index (χ0v) is 11.1. The second kappa shape index (κ2) is 4.94. The Bertz CT molecular complexity index is 478. The van der Waals surface area contributed by atoms with E-state index in [1.54, 1.807) is 0 Å². The van der Waals surface area contributed by atoms with Crippen LogP contribution in [0.3, 0.4) is 0 Å². The van der Waals surface area contributed by atoms with Gasteiger partial charge in [0.1, 0.15) is 0 Å². The fourth-order valence-electron chi connectivity index (χ4n) is 3.21. The maximum absolute atomic E-state index is 14.0. The van der Waals surface area contributed by atoms with Crippen LogP contribution in [-0.4, -0.2) is 24.1 Å². The maximum Gasteiger partial charge on any atom is 0.168 e. The molecule has 5 heteroatoms. The number of aromatic nitrogens is 1. The van der Waals surface area contributed by atoms with E-state index in [1.807, 2.05) is 11.8 Å². The fourth-order valence-corrected chi connectivity index (χ4v) is 3.21. The van der Waals surface area contributed by atoms with Crippen LogP contribution in [0.25, 0.3) is 0 Å². The molecule has 0 spiro atoms. The zero-order valence-electron chi connectivity index (χ0n) is 11.1. The van der Waals surface area contributed by atoms with Gasteiger partial charge in [0.05, 0.1) is 0 Å². The molecule has 0 aromatic carbocycles. The lowest BCUT2D eigenvalue weighted by molar-refractivity contribution is 0.527. The van der Waals surface area contributed by atoms with Gasteiger partial charge in [-0.1, -0.05) is 6.92 Å². The average Bonchev–Trinajstić information content (AvgIpc) is 3.00. The van der Waals surface area contributed by atoms with Crippen LogP contribution in [0.4, 0.5) is 20.4 Å². The molecule has 1 aliphatic carbocycles. The van der Waals surface area contributed by atoms with Crippen LogP contribution in [-0.2, 0) is 0 Å². The molecule has 1 N–H and O–H groups in total. The van der Waals surface area contributed by atoms with E-state index >= 15 is 0 Å². The van der Waals surface area contributed by atoms with Crippen LogP contribution >= 0.6 is 0 Å². The summed E-state index contributed by atoms with van der Waals surface area (Å²) < 4.78 is 27.6. The maximum atomic E-state index is 14.0. The Labute approximate surface area is 112 Å². The van der Waals surface area contributed by atoms with Gasteiger partial charge in [-0.05, 0) is 31.6 Å². The second-order valence-corrected chi connectivity index (χ2v) is 5.54. The molecular formula is C14H19F2N3. The summed E-state index contributed by atoms with van der Waals surface area (Å²) >= 11 is 0. The Kier molecular flexibility index (Phi) is 3.29. The Balaban J connectivity index is 1.88. The lowest BCUT2D eigenvalue weighted by atomic mass is 10.1. The number of nitrogens with zero attached hydrogens (tertiary/aromatic N) is 2. The first kappa shape index (κ1) is 12.6. The molecule has 2 heterocycles. The van der Waals surface area contributed by atoms with Crippen LogP contribution in [0.1, 0.15) is 32.6 Å². The third-order valence-electron chi connectivity index (χ3n) is 4.13. The average molecular weight is 267 g/mol. The van der Waals surface area contributed by atoms with Crippen molar-refractivity contribution in [1.82, 2.24) is 4.98 Å². The highest BCUT2D eigenvalue weighted by Crippen LogP contribution is 2.40. The monoisotopic (exact) mass is 267 g/mol. The molecule has 2 fully saturated rings. The minimum Gasteiger partial charge on any atom is -0.368 e. The van der Waals surface area contributed by atoms with E-state index in [1.165, 1.54) is 6.42 Å². The van der Waals surface area contributed by atoms with Crippen molar-refractivity contribution >= 4 is 11.6 Å². The largest absolute Gasteiger partial charge is 0.368 e. The molecule has 2 atom stereocenters. The van der Waals surface area contributed by atoms with Gasteiger partial charge in [-0.15, -0.1) is 0 Å². The number of anilines is 2. The van der Waals surface area contributed by atoms with Gasteiger partial charge in [0.2, 0.25) is 0 Å². The number of pyridine rings is 1. The van der Waals surface area contributed by atoms with Crippen LogP contribution in [0, 0.1) is 17.6 Å². The van der Waals surface area contributed by atoms with Gasteiger partial charge in [0.25, 0.3) is 0 Å². The number of rotatable bonds is 4. The van der Waals surface area contributed by atoms with Gasteiger partial charge in [-0.25, -0.2) is 13.8 Å². The summed E-state index contributed by atoms with van der Waals surface area (Å²) in [5.41, 5.74) is 0. The summed E-state index contributed by atoms with van der Waals surface area (Å²) in [6, 6.07) is 1.34. The van der Waals surface area contributed by atoms with Gasteiger partial charge in [0, 0.05) is 25.2 Å². The topological polar surface area (TPSA) is 28.2 Å². The first-order valence-electron chi connectivity index (χ1n) is 7.05. The summed E-state index contributed by atoms with van der Waals surface area (Å²) in [6.07, 6.45) is 4.32. The molecule has 1 aliphatic heterocycles.